The van der Waals surface area contributed by atoms with E-state index >= 15 is 0 Å². The van der Waals surface area contributed by atoms with E-state index in [2.05, 4.69) is 67.6 Å². The van der Waals surface area contributed by atoms with Gasteiger partial charge in [0.2, 0.25) is 0 Å². The Bertz CT molecular complexity index is 921. The maximum atomic E-state index is 12.6. The van der Waals surface area contributed by atoms with E-state index in [1.54, 1.807) is 0 Å². The molecule has 31 heavy (non-hydrogen) atoms. The minimum absolute atomic E-state index is 0.0170. The van der Waals surface area contributed by atoms with E-state index in [4.69, 9.17) is 4.84 Å². The Hall–Kier alpha value is -2.82. The summed E-state index contributed by atoms with van der Waals surface area (Å²) in [5, 5.41) is 7.43. The van der Waals surface area contributed by atoms with Crippen molar-refractivity contribution in [3.63, 3.8) is 0 Å². The van der Waals surface area contributed by atoms with Crippen molar-refractivity contribution in [2.45, 2.75) is 57.5 Å². The van der Waals surface area contributed by atoms with E-state index in [1.165, 1.54) is 11.1 Å². The van der Waals surface area contributed by atoms with E-state index in [-0.39, 0.29) is 17.0 Å². The molecule has 1 N–H and O–H groups in total. The number of oxime groups is 1. The number of carbonyl (C=O) groups excluding carboxylic acids is 1. The zero-order valence-corrected chi connectivity index (χ0v) is 18.9. The molecule has 1 fully saturated rings. The molecule has 164 valence electrons. The van der Waals surface area contributed by atoms with Crippen LogP contribution < -0.4 is 5.32 Å². The normalized spacial score (nSPS) is 17.9. The monoisotopic (exact) mass is 419 g/mol. The molecule has 1 saturated heterocycles. The second-order valence-corrected chi connectivity index (χ2v) is 9.77. The number of piperidine rings is 1. The average molecular weight is 420 g/mol. The fourth-order valence-electron chi connectivity index (χ4n) is 4.29. The van der Waals surface area contributed by atoms with Crippen molar-refractivity contribution in [3.05, 3.63) is 71.3 Å². The second-order valence-electron chi connectivity index (χ2n) is 9.77. The molecule has 2 aromatic carbocycles. The Kier molecular flexibility index (Phi) is 6.03. The van der Waals surface area contributed by atoms with Crippen LogP contribution in [0.1, 0.15) is 56.7 Å². The van der Waals surface area contributed by atoms with Gasteiger partial charge in [-0.15, -0.1) is 0 Å². The molecular formula is C26H33N3O2. The van der Waals surface area contributed by atoms with E-state index in [0.717, 1.165) is 37.0 Å². The van der Waals surface area contributed by atoms with Crippen LogP contribution in [0.15, 0.2) is 59.8 Å². The molecule has 4 rings (SSSR count). The van der Waals surface area contributed by atoms with Crippen molar-refractivity contribution in [2.24, 2.45) is 5.16 Å². The van der Waals surface area contributed by atoms with Crippen molar-refractivity contribution in [1.29, 1.82) is 0 Å². The number of carbonyl (C=O) groups is 1. The van der Waals surface area contributed by atoms with Gasteiger partial charge in [-0.25, -0.2) is 4.79 Å². The molecule has 2 aromatic rings. The van der Waals surface area contributed by atoms with Gasteiger partial charge in [0.15, 0.2) is 0 Å². The van der Waals surface area contributed by atoms with Crippen molar-refractivity contribution in [2.75, 3.05) is 19.6 Å². The van der Waals surface area contributed by atoms with E-state index in [1.807, 2.05) is 23.1 Å². The van der Waals surface area contributed by atoms with Crippen LogP contribution in [0.25, 0.3) is 0 Å². The average Bonchev–Trinajstić information content (AvgIpc) is 3.18. The summed E-state index contributed by atoms with van der Waals surface area (Å²) in [5.74, 6) is 0. The van der Waals surface area contributed by atoms with Gasteiger partial charge in [0.05, 0.1) is 5.71 Å². The predicted molar refractivity (Wildman–Crippen MR) is 124 cm³/mol. The Morgan fingerprint density at radius 2 is 1.74 bits per heavy atom. The van der Waals surface area contributed by atoms with Crippen molar-refractivity contribution in [3.8, 4) is 0 Å². The summed E-state index contributed by atoms with van der Waals surface area (Å²) in [6, 6.07) is 18.9. The van der Waals surface area contributed by atoms with Gasteiger partial charge in [-0.2, -0.15) is 0 Å². The van der Waals surface area contributed by atoms with Crippen molar-refractivity contribution >= 4 is 11.7 Å². The molecule has 0 unspecified atom stereocenters. The Morgan fingerprint density at radius 1 is 1.06 bits per heavy atom. The van der Waals surface area contributed by atoms with Gasteiger partial charge in [-0.05, 0) is 28.5 Å². The van der Waals surface area contributed by atoms with Crippen molar-refractivity contribution in [1.82, 2.24) is 10.2 Å². The lowest BCUT2D eigenvalue weighted by molar-refractivity contribution is -0.0550. The summed E-state index contributed by atoms with van der Waals surface area (Å²) < 4.78 is 0. The van der Waals surface area contributed by atoms with Gasteiger partial charge >= 0.3 is 6.03 Å². The highest BCUT2D eigenvalue weighted by atomic mass is 16.7. The molecule has 0 saturated carbocycles. The van der Waals surface area contributed by atoms with Crippen LogP contribution in [0.4, 0.5) is 4.79 Å². The van der Waals surface area contributed by atoms with Gasteiger partial charge in [-0.1, -0.05) is 80.5 Å². The zero-order chi connectivity index (χ0) is 21.9. The van der Waals surface area contributed by atoms with Gasteiger partial charge in [0.1, 0.15) is 5.60 Å². The van der Waals surface area contributed by atoms with Crippen LogP contribution >= 0.6 is 0 Å². The van der Waals surface area contributed by atoms with Crippen LogP contribution in [0.2, 0.25) is 0 Å². The maximum Gasteiger partial charge on any atom is 0.317 e. The van der Waals surface area contributed by atoms with Gasteiger partial charge in [-0.3, -0.25) is 0 Å². The third-order valence-corrected chi connectivity index (χ3v) is 6.42. The minimum Gasteiger partial charge on any atom is -0.388 e. The molecule has 0 aromatic heterocycles. The smallest absolute Gasteiger partial charge is 0.317 e. The molecule has 2 amide bonds. The van der Waals surface area contributed by atoms with Crippen LogP contribution in [-0.2, 0) is 16.7 Å². The highest BCUT2D eigenvalue weighted by molar-refractivity contribution is 6.01. The van der Waals surface area contributed by atoms with Crippen LogP contribution in [-0.4, -0.2) is 41.9 Å². The number of hydrogen-bond acceptors (Lipinski definition) is 3. The number of likely N-dealkylation sites (tertiary alicyclic amines) is 1. The van der Waals surface area contributed by atoms with Crippen molar-refractivity contribution < 1.29 is 9.63 Å². The first kappa shape index (κ1) is 21.4. The highest BCUT2D eigenvalue weighted by Gasteiger charge is 2.43. The Morgan fingerprint density at radius 3 is 2.39 bits per heavy atom. The summed E-state index contributed by atoms with van der Waals surface area (Å²) in [5.41, 5.74) is 4.61. The molecule has 1 spiro atoms. The lowest BCUT2D eigenvalue weighted by atomic mass is 9.85. The lowest BCUT2D eigenvalue weighted by Gasteiger charge is -2.37. The lowest BCUT2D eigenvalue weighted by Crippen LogP contribution is -2.50. The first-order valence-electron chi connectivity index (χ1n) is 11.3. The second kappa shape index (κ2) is 8.74. The van der Waals surface area contributed by atoms with Gasteiger partial charge < -0.3 is 15.1 Å². The molecule has 0 bridgehead atoms. The first-order chi connectivity index (χ1) is 14.8. The fourth-order valence-corrected chi connectivity index (χ4v) is 4.29. The fraction of sp³-hybridized carbons (Fsp3) is 0.462. The van der Waals surface area contributed by atoms with E-state index in [9.17, 15) is 4.79 Å². The molecule has 0 aliphatic carbocycles. The molecule has 0 atom stereocenters. The molecule has 2 aliphatic heterocycles. The zero-order valence-electron chi connectivity index (χ0n) is 18.9. The Balaban J connectivity index is 1.21. The van der Waals surface area contributed by atoms with Crippen LogP contribution in [0.5, 0.6) is 0 Å². The van der Waals surface area contributed by atoms with E-state index < -0.39 is 0 Å². The molecule has 2 heterocycles. The van der Waals surface area contributed by atoms with Gasteiger partial charge in [0, 0.05) is 38.9 Å². The minimum atomic E-state index is -0.253. The standard InChI is InChI=1S/C26H33N3O2/c1-25(2,3)22-11-9-20(10-12-22)13-16-27-24(30)29-17-14-26(15-18-29)19-23(28-31-26)21-7-5-4-6-8-21/h4-12H,13-19H2,1-3H3,(H,27,30). The number of rotatable bonds is 4. The summed E-state index contributed by atoms with van der Waals surface area (Å²) in [4.78, 5) is 20.4. The summed E-state index contributed by atoms with van der Waals surface area (Å²) in [7, 11) is 0. The number of amides is 2. The third-order valence-electron chi connectivity index (χ3n) is 6.42. The molecule has 5 heteroatoms. The first-order valence-corrected chi connectivity index (χ1v) is 11.3. The van der Waals surface area contributed by atoms with Gasteiger partial charge in [0.25, 0.3) is 0 Å². The van der Waals surface area contributed by atoms with Crippen LogP contribution in [0, 0.1) is 0 Å². The summed E-state index contributed by atoms with van der Waals surface area (Å²) in [6.45, 7) is 8.70. The Labute approximate surface area is 185 Å². The SMILES string of the molecule is CC(C)(C)c1ccc(CCNC(=O)N2CCC3(CC2)CC(c2ccccc2)=NO3)cc1. The molecular weight excluding hydrogens is 386 g/mol. The number of nitrogens with zero attached hydrogens (tertiary/aromatic N) is 2. The summed E-state index contributed by atoms with van der Waals surface area (Å²) >= 11 is 0. The van der Waals surface area contributed by atoms with E-state index in [0.29, 0.717) is 19.6 Å². The number of hydrogen-bond donors (Lipinski definition) is 1. The van der Waals surface area contributed by atoms with Crippen LogP contribution in [0.3, 0.4) is 0 Å². The topological polar surface area (TPSA) is 53.9 Å². The quantitative estimate of drug-likeness (QED) is 0.767. The largest absolute Gasteiger partial charge is 0.388 e. The number of benzene rings is 2. The highest BCUT2D eigenvalue weighted by Crippen LogP contribution is 2.36. The number of urea groups is 1. The third kappa shape index (κ3) is 5.09. The predicted octanol–water partition coefficient (Wildman–Crippen LogP) is 4.90. The molecule has 5 nitrogen and oxygen atoms in total. The molecule has 2 aliphatic rings. The number of nitrogens with one attached hydrogen (secondary N) is 1. The summed E-state index contributed by atoms with van der Waals surface area (Å²) in [6.07, 6.45) is 3.28. The maximum absolute atomic E-state index is 12.6. The molecule has 0 radical (unpaired) electrons.